The average molecular weight is 522 g/mol. The molecule has 3 aliphatic rings. The number of methoxy groups -OCH3 is 1. The molecule has 1 saturated carbocycles. The zero-order valence-corrected chi connectivity index (χ0v) is 20.9. The van der Waals surface area contributed by atoms with Crippen LogP contribution in [0.4, 0.5) is 0 Å². The van der Waals surface area contributed by atoms with E-state index in [4.69, 9.17) is 10.5 Å². The second-order valence-corrected chi connectivity index (χ2v) is 10.0. The first-order valence-electron chi connectivity index (χ1n) is 11.9. The highest BCUT2D eigenvalue weighted by Crippen LogP contribution is 2.53. The van der Waals surface area contributed by atoms with Crippen LogP contribution in [0.25, 0.3) is 17.0 Å². The third kappa shape index (κ3) is 3.35. The van der Waals surface area contributed by atoms with E-state index in [1.165, 1.54) is 24.3 Å². The molecule has 11 nitrogen and oxygen atoms in total. The van der Waals surface area contributed by atoms with Crippen molar-refractivity contribution in [1.82, 2.24) is 9.88 Å². The van der Waals surface area contributed by atoms with Crippen LogP contribution in [0.2, 0.25) is 0 Å². The van der Waals surface area contributed by atoms with E-state index >= 15 is 0 Å². The molecule has 0 radical (unpaired) electrons. The molecule has 1 heterocycles. The monoisotopic (exact) mass is 521 g/mol. The summed E-state index contributed by atoms with van der Waals surface area (Å²) in [6.07, 6.45) is 1.71. The molecule has 1 aromatic carbocycles. The molecular weight excluding hydrogens is 494 g/mol. The zero-order valence-electron chi connectivity index (χ0n) is 20.9. The van der Waals surface area contributed by atoms with Crippen LogP contribution >= 0.6 is 0 Å². The predicted molar refractivity (Wildman–Crippen MR) is 134 cm³/mol. The van der Waals surface area contributed by atoms with Crippen LogP contribution in [-0.2, 0) is 20.8 Å². The molecule has 5 rings (SSSR count). The Hall–Kier alpha value is -4.22. The van der Waals surface area contributed by atoms with E-state index in [0.717, 1.165) is 0 Å². The first kappa shape index (κ1) is 25.4. The van der Waals surface area contributed by atoms with Gasteiger partial charge in [-0.2, -0.15) is 0 Å². The minimum Gasteiger partial charge on any atom is -0.508 e. The molecule has 6 N–H and O–H groups in total. The molecular formula is C27H27N3O8. The van der Waals surface area contributed by atoms with Crippen molar-refractivity contribution in [3.8, 4) is 22.8 Å². The van der Waals surface area contributed by atoms with Gasteiger partial charge in [0.25, 0.3) is 5.91 Å². The average Bonchev–Trinajstić information content (AvgIpc) is 2.86. The number of benzene rings is 1. The summed E-state index contributed by atoms with van der Waals surface area (Å²) in [5.74, 6) is -6.33. The molecule has 11 heteroatoms. The number of pyridine rings is 1. The number of aliphatic hydroxyl groups is 3. The number of primary amides is 1. The van der Waals surface area contributed by atoms with Gasteiger partial charge in [-0.25, -0.2) is 0 Å². The van der Waals surface area contributed by atoms with Crippen LogP contribution in [-0.4, -0.2) is 80.6 Å². The molecule has 0 bridgehead atoms. The Morgan fingerprint density at radius 1 is 1.16 bits per heavy atom. The Morgan fingerprint density at radius 2 is 1.87 bits per heavy atom. The van der Waals surface area contributed by atoms with Crippen LogP contribution in [0, 0.1) is 11.8 Å². The first-order chi connectivity index (χ1) is 17.9. The Bertz CT molecular complexity index is 1460. The molecule has 198 valence electrons. The van der Waals surface area contributed by atoms with E-state index in [2.05, 4.69) is 4.98 Å². The zero-order chi connectivity index (χ0) is 27.7. The molecule has 0 spiro atoms. The van der Waals surface area contributed by atoms with E-state index < -0.39 is 58.0 Å². The molecule has 1 fully saturated rings. The summed E-state index contributed by atoms with van der Waals surface area (Å²) in [6.45, 7) is 0. The Labute approximate surface area is 217 Å². The van der Waals surface area contributed by atoms with Gasteiger partial charge < -0.3 is 30.9 Å². The van der Waals surface area contributed by atoms with Crippen LogP contribution in [0.15, 0.2) is 47.4 Å². The van der Waals surface area contributed by atoms with Crippen molar-refractivity contribution in [3.63, 3.8) is 0 Å². The van der Waals surface area contributed by atoms with Crippen molar-refractivity contribution >= 4 is 23.2 Å². The number of aromatic hydroxyl groups is 1. The number of ether oxygens (including phenoxy) is 1. The van der Waals surface area contributed by atoms with Gasteiger partial charge in [-0.3, -0.25) is 24.3 Å². The van der Waals surface area contributed by atoms with Crippen molar-refractivity contribution < 1.29 is 39.5 Å². The maximum atomic E-state index is 13.9. The second-order valence-electron chi connectivity index (χ2n) is 10.0. The number of fused-ring (bicyclic) bond motifs is 3. The summed E-state index contributed by atoms with van der Waals surface area (Å²) in [7, 11) is 4.62. The number of hydrogen-bond acceptors (Lipinski definition) is 10. The molecule has 4 atom stereocenters. The number of aromatic nitrogens is 1. The molecule has 1 aromatic heterocycles. The van der Waals surface area contributed by atoms with E-state index in [1.54, 1.807) is 32.3 Å². The number of aliphatic hydroxyl groups excluding tert-OH is 2. The highest BCUT2D eigenvalue weighted by molar-refractivity contribution is 6.24. The molecule has 0 unspecified atom stereocenters. The standard InChI is InChI=1S/C27H27N3O8/c1-30(2)21-15-9-11-8-14-13(16-6-4-12(38-3)10-29-16)5-7-17(31)19(14)22(32)18(11)24(34)27(15,37)25(35)20(23(21)33)26(28)36/h4-7,10-11,15,21,31-32,35,37H,8-9H2,1-3H3,(H2,28,36)/t11-,15-,21-,27-/m0/s1. The number of hydrogen-bond donors (Lipinski definition) is 5. The number of likely N-dealkylation sites (N-methyl/N-ethyl adjacent to an activating group) is 1. The molecule has 3 aliphatic carbocycles. The van der Waals surface area contributed by atoms with Crippen LogP contribution < -0.4 is 10.5 Å². The number of carbonyl (C=O) groups is 3. The topological polar surface area (TPSA) is 184 Å². The van der Waals surface area contributed by atoms with Gasteiger partial charge in [-0.1, -0.05) is 0 Å². The summed E-state index contributed by atoms with van der Waals surface area (Å²) < 4.78 is 5.17. The lowest BCUT2D eigenvalue weighted by molar-refractivity contribution is -0.153. The van der Waals surface area contributed by atoms with Crippen molar-refractivity contribution in [2.75, 3.05) is 21.2 Å². The van der Waals surface area contributed by atoms with E-state index in [1.807, 2.05) is 0 Å². The summed E-state index contributed by atoms with van der Waals surface area (Å²) in [5, 5.41) is 44.6. The van der Waals surface area contributed by atoms with Crippen LogP contribution in [0.5, 0.6) is 11.5 Å². The number of phenolic OH excluding ortho intramolecular Hbond substituents is 1. The van der Waals surface area contributed by atoms with Crippen molar-refractivity contribution in [2.45, 2.75) is 24.5 Å². The van der Waals surface area contributed by atoms with Gasteiger partial charge in [0.2, 0.25) is 5.78 Å². The van der Waals surface area contributed by atoms with E-state index in [0.29, 0.717) is 22.6 Å². The van der Waals surface area contributed by atoms with Gasteiger partial charge in [0.15, 0.2) is 11.4 Å². The van der Waals surface area contributed by atoms with Gasteiger partial charge in [-0.15, -0.1) is 0 Å². The van der Waals surface area contributed by atoms with Crippen molar-refractivity contribution in [1.29, 1.82) is 0 Å². The largest absolute Gasteiger partial charge is 0.508 e. The highest BCUT2D eigenvalue weighted by Gasteiger charge is 2.64. The van der Waals surface area contributed by atoms with Gasteiger partial charge in [-0.05, 0) is 62.7 Å². The van der Waals surface area contributed by atoms with Crippen molar-refractivity contribution in [2.24, 2.45) is 17.6 Å². The van der Waals surface area contributed by atoms with Gasteiger partial charge in [0, 0.05) is 17.1 Å². The lowest BCUT2D eigenvalue weighted by Crippen LogP contribution is -2.65. The Kier molecular flexibility index (Phi) is 5.80. The fourth-order valence-corrected chi connectivity index (χ4v) is 6.14. The lowest BCUT2D eigenvalue weighted by Gasteiger charge is -2.50. The maximum absolute atomic E-state index is 13.9. The molecule has 2 aromatic rings. The summed E-state index contributed by atoms with van der Waals surface area (Å²) in [6, 6.07) is 5.33. The minimum atomic E-state index is -2.67. The van der Waals surface area contributed by atoms with Gasteiger partial charge in [0.05, 0.1) is 30.6 Å². The number of rotatable bonds is 4. The number of ketones is 2. The van der Waals surface area contributed by atoms with E-state index in [-0.39, 0.29) is 29.7 Å². The first-order valence-corrected chi connectivity index (χ1v) is 11.9. The fraction of sp³-hybridized carbons (Fsp3) is 0.333. The Balaban J connectivity index is 1.72. The van der Waals surface area contributed by atoms with Gasteiger partial charge in [0.1, 0.15) is 28.6 Å². The number of Topliss-reactive ketones (excluding diaryl/α,β-unsaturated/α-hetero) is 2. The van der Waals surface area contributed by atoms with E-state index in [9.17, 15) is 34.8 Å². The number of nitrogens with zero attached hydrogens (tertiary/aromatic N) is 2. The third-order valence-electron chi connectivity index (χ3n) is 7.85. The second kappa shape index (κ2) is 8.67. The summed E-state index contributed by atoms with van der Waals surface area (Å²) in [5.41, 5.74) is 3.33. The maximum Gasteiger partial charge on any atom is 0.255 e. The smallest absolute Gasteiger partial charge is 0.255 e. The number of carbonyl (C=O) groups excluding carboxylic acids is 3. The normalized spacial score (nSPS) is 26.7. The fourth-order valence-electron chi connectivity index (χ4n) is 6.14. The quantitative estimate of drug-likeness (QED) is 0.364. The molecule has 0 aliphatic heterocycles. The Morgan fingerprint density at radius 3 is 2.45 bits per heavy atom. The summed E-state index contributed by atoms with van der Waals surface area (Å²) in [4.78, 5) is 45.0. The predicted octanol–water partition coefficient (Wildman–Crippen LogP) is 1.03. The lowest BCUT2D eigenvalue weighted by atomic mass is 9.57. The van der Waals surface area contributed by atoms with Crippen molar-refractivity contribution in [3.05, 3.63) is 58.5 Å². The number of phenols is 1. The van der Waals surface area contributed by atoms with Crippen LogP contribution in [0.1, 0.15) is 17.5 Å². The molecule has 0 saturated heterocycles. The summed E-state index contributed by atoms with van der Waals surface area (Å²) >= 11 is 0. The number of amides is 1. The number of nitrogens with two attached hydrogens (primary N) is 1. The van der Waals surface area contributed by atoms with Gasteiger partial charge >= 0.3 is 0 Å². The third-order valence-corrected chi connectivity index (χ3v) is 7.85. The molecule has 38 heavy (non-hydrogen) atoms. The SMILES string of the molecule is COc1ccc(-c2ccc(O)c3c2C[C@H]2C[C@H]4[C@H](N(C)C)C(=O)C(C(N)=O)=C(O)[C@@]4(O)C(=O)C2=C3O)nc1. The highest BCUT2D eigenvalue weighted by atomic mass is 16.5. The van der Waals surface area contributed by atoms with Crippen LogP contribution in [0.3, 0.4) is 0 Å². The minimum absolute atomic E-state index is 0.0106. The molecule has 1 amide bonds.